The van der Waals surface area contributed by atoms with E-state index in [0.29, 0.717) is 41.5 Å². The number of benzene rings is 1. The van der Waals surface area contributed by atoms with Gasteiger partial charge in [-0.05, 0) is 38.0 Å². The normalized spacial score (nSPS) is 19.2. The molecule has 1 atom stereocenters. The van der Waals surface area contributed by atoms with Gasteiger partial charge in [0.25, 0.3) is 11.8 Å². The molecule has 2 aliphatic heterocycles. The second-order valence-corrected chi connectivity index (χ2v) is 8.08. The van der Waals surface area contributed by atoms with Crippen molar-refractivity contribution in [2.24, 2.45) is 5.73 Å². The number of rotatable bonds is 7. The summed E-state index contributed by atoms with van der Waals surface area (Å²) in [4.78, 5) is 37.6. The molecular formula is C23H29N5O4. The number of nitrogens with zero attached hydrogens (tertiary/aromatic N) is 4. The van der Waals surface area contributed by atoms with Gasteiger partial charge >= 0.3 is 0 Å². The van der Waals surface area contributed by atoms with Crippen LogP contribution in [-0.4, -0.2) is 77.6 Å². The average molecular weight is 440 g/mol. The van der Waals surface area contributed by atoms with Gasteiger partial charge in [0.2, 0.25) is 0 Å². The summed E-state index contributed by atoms with van der Waals surface area (Å²) in [5.41, 5.74) is 6.76. The van der Waals surface area contributed by atoms with E-state index in [1.54, 1.807) is 24.0 Å². The van der Waals surface area contributed by atoms with Crippen molar-refractivity contribution < 1.29 is 19.1 Å². The van der Waals surface area contributed by atoms with Gasteiger partial charge in [0.1, 0.15) is 12.4 Å². The van der Waals surface area contributed by atoms with Crippen LogP contribution in [0.5, 0.6) is 5.75 Å². The van der Waals surface area contributed by atoms with Crippen molar-refractivity contribution in [1.29, 1.82) is 0 Å². The van der Waals surface area contributed by atoms with Crippen LogP contribution in [0.4, 0.5) is 0 Å². The Kier molecular flexibility index (Phi) is 6.96. The molecule has 170 valence electrons. The molecule has 32 heavy (non-hydrogen) atoms. The fourth-order valence-electron chi connectivity index (χ4n) is 4.17. The van der Waals surface area contributed by atoms with Gasteiger partial charge in [0, 0.05) is 37.9 Å². The zero-order valence-corrected chi connectivity index (χ0v) is 18.3. The minimum absolute atomic E-state index is 0.0774. The first kappa shape index (κ1) is 22.2. The highest BCUT2D eigenvalue weighted by atomic mass is 16.5. The van der Waals surface area contributed by atoms with Gasteiger partial charge in [-0.1, -0.05) is 6.07 Å². The molecule has 0 spiro atoms. The molecule has 2 saturated heterocycles. The van der Waals surface area contributed by atoms with Crippen molar-refractivity contribution in [3.63, 3.8) is 0 Å². The van der Waals surface area contributed by atoms with Crippen molar-refractivity contribution in [2.45, 2.75) is 25.8 Å². The zero-order chi connectivity index (χ0) is 22.5. The lowest BCUT2D eigenvalue weighted by Gasteiger charge is -2.26. The van der Waals surface area contributed by atoms with E-state index in [0.717, 1.165) is 45.7 Å². The van der Waals surface area contributed by atoms with Gasteiger partial charge in [-0.15, -0.1) is 0 Å². The summed E-state index contributed by atoms with van der Waals surface area (Å²) < 4.78 is 11.3. The Balaban J connectivity index is 1.42. The number of hydrogen-bond acceptors (Lipinski definition) is 7. The summed E-state index contributed by atoms with van der Waals surface area (Å²) in [6.07, 6.45) is 3.09. The van der Waals surface area contributed by atoms with E-state index in [1.807, 2.05) is 12.1 Å². The summed E-state index contributed by atoms with van der Waals surface area (Å²) in [6, 6.07) is 7.07. The molecular weight excluding hydrogens is 410 g/mol. The van der Waals surface area contributed by atoms with Gasteiger partial charge in [-0.3, -0.25) is 14.5 Å². The van der Waals surface area contributed by atoms with E-state index in [1.165, 1.54) is 6.20 Å². The Morgan fingerprint density at radius 3 is 2.81 bits per heavy atom. The molecule has 2 aromatic rings. The summed E-state index contributed by atoms with van der Waals surface area (Å²) in [6.45, 7) is 7.10. The van der Waals surface area contributed by atoms with Crippen LogP contribution in [0.15, 0.2) is 30.5 Å². The first-order valence-corrected chi connectivity index (χ1v) is 11.0. The number of morpholine rings is 1. The minimum atomic E-state index is -0.557. The number of aryl methyl sites for hydroxylation is 1. The number of ether oxygens (including phenoxy) is 2. The maximum atomic E-state index is 13.3. The quantitative estimate of drug-likeness (QED) is 0.697. The van der Waals surface area contributed by atoms with Crippen LogP contribution >= 0.6 is 0 Å². The van der Waals surface area contributed by atoms with Crippen LogP contribution in [-0.2, 0) is 4.74 Å². The number of hydrogen-bond donors (Lipinski definition) is 1. The summed E-state index contributed by atoms with van der Waals surface area (Å²) >= 11 is 0. The Morgan fingerprint density at radius 2 is 2.06 bits per heavy atom. The Bertz CT molecular complexity index is 977. The standard InChI is InChI=1S/C23H29N5O4/c1-16-19(21(24)29)15-25-22(26-16)20-6-3-7-28(20)23(30)17-4-2-5-18(14-17)32-13-10-27-8-11-31-12-9-27/h2,4-5,14-15,20H,3,6-13H2,1H3,(H2,24,29). The molecule has 0 radical (unpaired) electrons. The molecule has 4 rings (SSSR count). The lowest BCUT2D eigenvalue weighted by molar-refractivity contribution is 0.0322. The average Bonchev–Trinajstić information content (AvgIpc) is 3.29. The Morgan fingerprint density at radius 1 is 1.25 bits per heavy atom. The number of aromatic nitrogens is 2. The van der Waals surface area contributed by atoms with Crippen molar-refractivity contribution in [2.75, 3.05) is 46.0 Å². The smallest absolute Gasteiger partial charge is 0.254 e. The minimum Gasteiger partial charge on any atom is -0.492 e. The highest BCUT2D eigenvalue weighted by Gasteiger charge is 2.33. The van der Waals surface area contributed by atoms with Crippen LogP contribution in [0.2, 0.25) is 0 Å². The van der Waals surface area contributed by atoms with E-state index in [9.17, 15) is 9.59 Å². The van der Waals surface area contributed by atoms with E-state index in [4.69, 9.17) is 15.2 Å². The van der Waals surface area contributed by atoms with Gasteiger partial charge < -0.3 is 20.1 Å². The molecule has 0 bridgehead atoms. The number of amides is 2. The van der Waals surface area contributed by atoms with Crippen molar-refractivity contribution >= 4 is 11.8 Å². The van der Waals surface area contributed by atoms with Crippen molar-refractivity contribution in [1.82, 2.24) is 19.8 Å². The van der Waals surface area contributed by atoms with Gasteiger partial charge in [-0.2, -0.15) is 0 Å². The molecule has 0 aliphatic carbocycles. The van der Waals surface area contributed by atoms with E-state index < -0.39 is 5.91 Å². The Hall–Kier alpha value is -3.04. The van der Waals surface area contributed by atoms with Crippen LogP contribution in [0, 0.1) is 6.92 Å². The molecule has 2 N–H and O–H groups in total. The predicted octanol–water partition coefficient (Wildman–Crippen LogP) is 1.57. The molecule has 9 heteroatoms. The van der Waals surface area contributed by atoms with E-state index in [2.05, 4.69) is 14.9 Å². The molecule has 1 unspecified atom stereocenters. The highest BCUT2D eigenvalue weighted by Crippen LogP contribution is 2.32. The lowest BCUT2D eigenvalue weighted by atomic mass is 10.1. The monoisotopic (exact) mass is 439 g/mol. The molecule has 1 aromatic heterocycles. The molecule has 3 heterocycles. The predicted molar refractivity (Wildman–Crippen MR) is 117 cm³/mol. The number of carbonyl (C=O) groups excluding carboxylic acids is 2. The second kappa shape index (κ2) is 10.1. The van der Waals surface area contributed by atoms with E-state index in [-0.39, 0.29) is 11.9 Å². The van der Waals surface area contributed by atoms with E-state index >= 15 is 0 Å². The number of carbonyl (C=O) groups is 2. The second-order valence-electron chi connectivity index (χ2n) is 8.08. The first-order chi connectivity index (χ1) is 15.5. The molecule has 0 saturated carbocycles. The van der Waals surface area contributed by atoms with Gasteiger partial charge in [-0.25, -0.2) is 9.97 Å². The molecule has 2 aliphatic rings. The summed E-state index contributed by atoms with van der Waals surface area (Å²) in [5.74, 6) is 0.583. The first-order valence-electron chi connectivity index (χ1n) is 11.0. The maximum Gasteiger partial charge on any atom is 0.254 e. The summed E-state index contributed by atoms with van der Waals surface area (Å²) in [5, 5.41) is 0. The fraction of sp³-hybridized carbons (Fsp3) is 0.478. The largest absolute Gasteiger partial charge is 0.492 e. The lowest BCUT2D eigenvalue weighted by Crippen LogP contribution is -2.38. The molecule has 2 fully saturated rings. The number of nitrogens with two attached hydrogens (primary N) is 1. The SMILES string of the molecule is Cc1nc(C2CCCN2C(=O)c2cccc(OCCN3CCOCC3)c2)ncc1C(N)=O. The zero-order valence-electron chi connectivity index (χ0n) is 18.3. The molecule has 9 nitrogen and oxygen atoms in total. The molecule has 1 aromatic carbocycles. The van der Waals surface area contributed by atoms with Gasteiger partial charge in [0.05, 0.1) is 30.5 Å². The highest BCUT2D eigenvalue weighted by molar-refractivity contribution is 5.95. The molecule has 2 amide bonds. The van der Waals surface area contributed by atoms with Gasteiger partial charge in [0.15, 0.2) is 5.82 Å². The number of primary amides is 1. The number of likely N-dealkylation sites (tertiary alicyclic amines) is 1. The topological polar surface area (TPSA) is 111 Å². The summed E-state index contributed by atoms with van der Waals surface area (Å²) in [7, 11) is 0. The van der Waals surface area contributed by atoms with Crippen LogP contribution in [0.25, 0.3) is 0 Å². The van der Waals surface area contributed by atoms with Crippen LogP contribution in [0.1, 0.15) is 51.1 Å². The van der Waals surface area contributed by atoms with Crippen LogP contribution < -0.4 is 10.5 Å². The third-order valence-electron chi connectivity index (χ3n) is 5.94. The van der Waals surface area contributed by atoms with Crippen molar-refractivity contribution in [3.8, 4) is 5.75 Å². The van der Waals surface area contributed by atoms with Crippen molar-refractivity contribution in [3.05, 3.63) is 53.1 Å². The maximum absolute atomic E-state index is 13.3. The van der Waals surface area contributed by atoms with Crippen LogP contribution in [0.3, 0.4) is 0 Å². The Labute approximate surface area is 187 Å². The fourth-order valence-corrected chi connectivity index (χ4v) is 4.17. The third-order valence-corrected chi connectivity index (χ3v) is 5.94. The third kappa shape index (κ3) is 5.05.